The number of ether oxygens (including phenoxy) is 2. The highest BCUT2D eigenvalue weighted by molar-refractivity contribution is 6.02. The smallest absolute Gasteiger partial charge is 0.231 e. The summed E-state index contributed by atoms with van der Waals surface area (Å²) in [5.74, 6) is 1.45. The maximum absolute atomic E-state index is 8.69. The maximum Gasteiger partial charge on any atom is 0.231 e. The number of rotatable bonds is 1. The molecule has 0 saturated carbocycles. The molecule has 0 N–H and O–H groups in total. The number of nitriles is 1. The Morgan fingerprint density at radius 1 is 1.31 bits per heavy atom. The van der Waals surface area contributed by atoms with Gasteiger partial charge in [0.15, 0.2) is 11.5 Å². The summed E-state index contributed by atoms with van der Waals surface area (Å²) in [6.07, 6.45) is 0.0382. The molecule has 2 aliphatic rings. The van der Waals surface area contributed by atoms with E-state index in [2.05, 4.69) is 5.16 Å². The molecule has 1 aromatic rings. The van der Waals surface area contributed by atoms with E-state index in [1.54, 1.807) is 0 Å². The van der Waals surface area contributed by atoms with Gasteiger partial charge < -0.3 is 14.3 Å². The number of hydrogen-bond acceptors (Lipinski definition) is 5. The van der Waals surface area contributed by atoms with Gasteiger partial charge in [-0.05, 0) is 18.2 Å². The van der Waals surface area contributed by atoms with Crippen molar-refractivity contribution in [2.24, 2.45) is 5.16 Å². The van der Waals surface area contributed by atoms with Crippen LogP contribution >= 0.6 is 0 Å². The van der Waals surface area contributed by atoms with Crippen molar-refractivity contribution in [2.75, 3.05) is 6.79 Å². The van der Waals surface area contributed by atoms with Gasteiger partial charge in [0.1, 0.15) is 6.07 Å². The average molecular weight is 216 g/mol. The second-order valence-corrected chi connectivity index (χ2v) is 3.53. The molecule has 1 atom stereocenters. The minimum absolute atomic E-state index is 0.253. The zero-order chi connectivity index (χ0) is 11.0. The summed E-state index contributed by atoms with van der Waals surface area (Å²) in [6, 6.07) is 7.59. The third-order valence-electron chi connectivity index (χ3n) is 2.52. The van der Waals surface area contributed by atoms with Crippen molar-refractivity contribution in [3.05, 3.63) is 23.8 Å². The lowest BCUT2D eigenvalue weighted by molar-refractivity contribution is 0.125. The van der Waals surface area contributed by atoms with Gasteiger partial charge in [-0.2, -0.15) is 5.26 Å². The Morgan fingerprint density at radius 2 is 2.19 bits per heavy atom. The van der Waals surface area contributed by atoms with E-state index in [0.29, 0.717) is 12.2 Å². The molecule has 5 heteroatoms. The molecular formula is C11H8N2O3. The molecule has 0 radical (unpaired) electrons. The zero-order valence-electron chi connectivity index (χ0n) is 8.34. The summed E-state index contributed by atoms with van der Waals surface area (Å²) in [7, 11) is 0. The quantitative estimate of drug-likeness (QED) is 0.712. The van der Waals surface area contributed by atoms with Gasteiger partial charge in [-0.1, -0.05) is 5.16 Å². The first kappa shape index (κ1) is 9.04. The van der Waals surface area contributed by atoms with E-state index in [1.807, 2.05) is 24.3 Å². The van der Waals surface area contributed by atoms with E-state index in [0.717, 1.165) is 17.0 Å². The van der Waals surface area contributed by atoms with Gasteiger partial charge in [-0.3, -0.25) is 0 Å². The predicted molar refractivity (Wildman–Crippen MR) is 54.2 cm³/mol. The molecule has 0 aromatic heterocycles. The first-order valence-corrected chi connectivity index (χ1v) is 4.89. The monoisotopic (exact) mass is 216 g/mol. The zero-order valence-corrected chi connectivity index (χ0v) is 8.34. The number of hydrogen-bond donors (Lipinski definition) is 0. The molecular weight excluding hydrogens is 208 g/mol. The third-order valence-corrected chi connectivity index (χ3v) is 2.52. The van der Waals surface area contributed by atoms with E-state index >= 15 is 0 Å². The highest BCUT2D eigenvalue weighted by atomic mass is 16.7. The van der Waals surface area contributed by atoms with Crippen molar-refractivity contribution in [2.45, 2.75) is 12.5 Å². The molecule has 0 spiro atoms. The van der Waals surface area contributed by atoms with Crippen LogP contribution in [0.4, 0.5) is 0 Å². The molecule has 2 aliphatic heterocycles. The standard InChI is InChI=1S/C11H8N2O3/c12-5-8-4-9(13-16-8)7-1-2-10-11(3-7)15-6-14-10/h1-3,8H,4,6H2/t8-/m0/s1. The van der Waals surface area contributed by atoms with Crippen LogP contribution in [0.2, 0.25) is 0 Å². The van der Waals surface area contributed by atoms with Gasteiger partial charge in [0.05, 0.1) is 5.71 Å². The van der Waals surface area contributed by atoms with E-state index in [1.165, 1.54) is 0 Å². The summed E-state index contributed by atoms with van der Waals surface area (Å²) < 4.78 is 10.5. The molecule has 0 fully saturated rings. The fraction of sp³-hybridized carbons (Fsp3) is 0.273. The second kappa shape index (κ2) is 3.42. The minimum Gasteiger partial charge on any atom is -0.454 e. The summed E-state index contributed by atoms with van der Waals surface area (Å²) in [5.41, 5.74) is 1.67. The SMILES string of the molecule is N#C[C@@H]1CC(c2ccc3c(c2)OCO3)=NO1. The Bertz CT molecular complexity index is 504. The van der Waals surface area contributed by atoms with E-state index in [4.69, 9.17) is 19.6 Å². The molecule has 0 unspecified atom stereocenters. The van der Waals surface area contributed by atoms with Gasteiger partial charge in [-0.15, -0.1) is 0 Å². The van der Waals surface area contributed by atoms with Crippen LogP contribution in [0.15, 0.2) is 23.4 Å². The summed E-state index contributed by atoms with van der Waals surface area (Å²) in [4.78, 5) is 4.94. The van der Waals surface area contributed by atoms with Crippen LogP contribution in [-0.4, -0.2) is 18.6 Å². The molecule has 0 saturated heterocycles. The van der Waals surface area contributed by atoms with Crippen LogP contribution in [0.25, 0.3) is 0 Å². The number of benzene rings is 1. The molecule has 0 bridgehead atoms. The summed E-state index contributed by atoms with van der Waals surface area (Å²) in [6.45, 7) is 0.253. The lowest BCUT2D eigenvalue weighted by Gasteiger charge is -2.00. The van der Waals surface area contributed by atoms with Crippen LogP contribution in [0.5, 0.6) is 11.5 Å². The van der Waals surface area contributed by atoms with E-state index in [-0.39, 0.29) is 6.79 Å². The van der Waals surface area contributed by atoms with Gasteiger partial charge in [0, 0.05) is 12.0 Å². The topological polar surface area (TPSA) is 63.8 Å². The van der Waals surface area contributed by atoms with Gasteiger partial charge in [0.25, 0.3) is 0 Å². The van der Waals surface area contributed by atoms with Gasteiger partial charge in [-0.25, -0.2) is 0 Å². The molecule has 2 heterocycles. The second-order valence-electron chi connectivity index (χ2n) is 3.53. The van der Waals surface area contributed by atoms with Crippen molar-refractivity contribution in [3.8, 4) is 17.6 Å². The lowest BCUT2D eigenvalue weighted by atomic mass is 10.1. The number of fused-ring (bicyclic) bond motifs is 1. The van der Waals surface area contributed by atoms with Crippen molar-refractivity contribution < 1.29 is 14.3 Å². The number of nitrogens with zero attached hydrogens (tertiary/aromatic N) is 2. The molecule has 0 aliphatic carbocycles. The van der Waals surface area contributed by atoms with E-state index in [9.17, 15) is 0 Å². The molecule has 5 nitrogen and oxygen atoms in total. The average Bonchev–Trinajstić information content (AvgIpc) is 2.96. The molecule has 3 rings (SSSR count). The van der Waals surface area contributed by atoms with Gasteiger partial charge in [0.2, 0.25) is 12.9 Å². The Morgan fingerprint density at radius 3 is 3.00 bits per heavy atom. The third kappa shape index (κ3) is 1.36. The highest BCUT2D eigenvalue weighted by Crippen LogP contribution is 2.33. The Hall–Kier alpha value is -2.22. The molecule has 0 amide bonds. The Kier molecular flexibility index (Phi) is 1.93. The predicted octanol–water partition coefficient (Wildman–Crippen LogP) is 1.43. The van der Waals surface area contributed by atoms with Crippen molar-refractivity contribution in [1.82, 2.24) is 0 Å². The van der Waals surface area contributed by atoms with Crippen LogP contribution in [0, 0.1) is 11.3 Å². The summed E-state index contributed by atoms with van der Waals surface area (Å²) >= 11 is 0. The van der Waals surface area contributed by atoms with Crippen LogP contribution in [0.3, 0.4) is 0 Å². The largest absolute Gasteiger partial charge is 0.454 e. The fourth-order valence-electron chi connectivity index (χ4n) is 1.69. The van der Waals surface area contributed by atoms with Crippen molar-refractivity contribution >= 4 is 5.71 Å². The number of oxime groups is 1. The van der Waals surface area contributed by atoms with Crippen LogP contribution in [0.1, 0.15) is 12.0 Å². The van der Waals surface area contributed by atoms with Crippen LogP contribution in [-0.2, 0) is 4.84 Å². The Labute approximate surface area is 91.8 Å². The Balaban J connectivity index is 1.89. The summed E-state index contributed by atoms with van der Waals surface area (Å²) in [5, 5.41) is 12.6. The normalized spacial score (nSPS) is 21.2. The molecule has 80 valence electrons. The highest BCUT2D eigenvalue weighted by Gasteiger charge is 2.23. The van der Waals surface area contributed by atoms with Crippen LogP contribution < -0.4 is 9.47 Å². The van der Waals surface area contributed by atoms with Gasteiger partial charge >= 0.3 is 0 Å². The first-order chi connectivity index (χ1) is 7.86. The molecule has 16 heavy (non-hydrogen) atoms. The lowest BCUT2D eigenvalue weighted by Crippen LogP contribution is -2.05. The maximum atomic E-state index is 8.69. The molecule has 1 aromatic carbocycles. The van der Waals surface area contributed by atoms with Crippen molar-refractivity contribution in [1.29, 1.82) is 5.26 Å². The van der Waals surface area contributed by atoms with E-state index < -0.39 is 6.10 Å². The first-order valence-electron chi connectivity index (χ1n) is 4.89. The fourth-order valence-corrected chi connectivity index (χ4v) is 1.69. The minimum atomic E-state index is -0.472. The van der Waals surface area contributed by atoms with Crippen molar-refractivity contribution in [3.63, 3.8) is 0 Å².